The van der Waals surface area contributed by atoms with Gasteiger partial charge in [-0.05, 0) is 19.3 Å². The summed E-state index contributed by atoms with van der Waals surface area (Å²) in [6, 6.07) is 0.782. The summed E-state index contributed by atoms with van der Waals surface area (Å²) in [5.74, 6) is 0.837. The van der Waals surface area contributed by atoms with Gasteiger partial charge in [-0.1, -0.05) is 32.6 Å². The lowest BCUT2D eigenvalue weighted by Gasteiger charge is -2.37. The van der Waals surface area contributed by atoms with Gasteiger partial charge in [-0.25, -0.2) is 0 Å². The Morgan fingerprint density at radius 3 is 2.50 bits per heavy atom. The van der Waals surface area contributed by atoms with E-state index in [4.69, 9.17) is 0 Å². The molecule has 2 nitrogen and oxygen atoms in total. The van der Waals surface area contributed by atoms with Gasteiger partial charge in [-0.3, -0.25) is 9.69 Å². The maximum absolute atomic E-state index is 11.7. The molecule has 2 rings (SSSR count). The second-order valence-electron chi connectivity index (χ2n) is 5.46. The maximum atomic E-state index is 11.7. The lowest BCUT2D eigenvalue weighted by Crippen LogP contribution is -2.46. The summed E-state index contributed by atoms with van der Waals surface area (Å²) in [7, 11) is 0. The average molecular weight is 223 g/mol. The third-order valence-electron chi connectivity index (χ3n) is 4.39. The van der Waals surface area contributed by atoms with Crippen LogP contribution < -0.4 is 0 Å². The molecule has 92 valence electrons. The van der Waals surface area contributed by atoms with Crippen LogP contribution >= 0.6 is 0 Å². The Bertz CT molecular complexity index is 231. The topological polar surface area (TPSA) is 20.3 Å². The van der Waals surface area contributed by atoms with Crippen molar-refractivity contribution in [2.45, 2.75) is 64.3 Å². The summed E-state index contributed by atoms with van der Waals surface area (Å²) in [5, 5.41) is 0. The Balaban J connectivity index is 1.90. The molecular formula is C14H25NO. The highest BCUT2D eigenvalue weighted by Crippen LogP contribution is 2.26. The molecule has 2 heteroatoms. The highest BCUT2D eigenvalue weighted by Gasteiger charge is 2.29. The van der Waals surface area contributed by atoms with Crippen molar-refractivity contribution in [3.63, 3.8) is 0 Å². The number of hydrogen-bond acceptors (Lipinski definition) is 2. The molecule has 0 aromatic rings. The van der Waals surface area contributed by atoms with Crippen LogP contribution in [0.1, 0.15) is 58.3 Å². The summed E-state index contributed by atoms with van der Waals surface area (Å²) in [6.07, 6.45) is 10.2. The quantitative estimate of drug-likeness (QED) is 0.671. The Morgan fingerprint density at radius 1 is 1.19 bits per heavy atom. The smallest absolute Gasteiger partial charge is 0.138 e. The van der Waals surface area contributed by atoms with E-state index in [1.807, 2.05) is 0 Å². The Morgan fingerprint density at radius 2 is 1.88 bits per heavy atom. The minimum atomic E-state index is 0.331. The van der Waals surface area contributed by atoms with E-state index in [1.54, 1.807) is 0 Å². The van der Waals surface area contributed by atoms with Crippen LogP contribution in [0.5, 0.6) is 0 Å². The van der Waals surface area contributed by atoms with Crippen molar-refractivity contribution < 1.29 is 4.79 Å². The van der Waals surface area contributed by atoms with Gasteiger partial charge in [-0.2, -0.15) is 0 Å². The molecule has 0 bridgehead atoms. The number of ketones is 1. The standard InChI is InChI=1S/C14H25NO/c1-2-12-11-15(10-9-14(12)16)13-7-5-3-4-6-8-13/h12-13H,2-11H2,1H3. The maximum Gasteiger partial charge on any atom is 0.138 e. The van der Waals surface area contributed by atoms with E-state index in [-0.39, 0.29) is 0 Å². The first kappa shape index (κ1) is 12.1. The highest BCUT2D eigenvalue weighted by atomic mass is 16.1. The van der Waals surface area contributed by atoms with Crippen LogP contribution in [-0.4, -0.2) is 29.8 Å². The third kappa shape index (κ3) is 2.85. The number of nitrogens with zero attached hydrogens (tertiary/aromatic N) is 1. The lowest BCUT2D eigenvalue weighted by atomic mass is 9.92. The Labute approximate surface area is 99.4 Å². The molecular weight excluding hydrogens is 198 g/mol. The van der Waals surface area contributed by atoms with Gasteiger partial charge in [0.25, 0.3) is 0 Å². The van der Waals surface area contributed by atoms with Crippen LogP contribution in [0.2, 0.25) is 0 Å². The molecule has 1 atom stereocenters. The molecule has 1 saturated heterocycles. The molecule has 0 N–H and O–H groups in total. The molecule has 2 fully saturated rings. The van der Waals surface area contributed by atoms with Crippen molar-refractivity contribution in [1.29, 1.82) is 0 Å². The Hall–Kier alpha value is -0.370. The summed E-state index contributed by atoms with van der Waals surface area (Å²) >= 11 is 0. The molecule has 1 heterocycles. The number of Topliss-reactive ketones (excluding diaryl/α,β-unsaturated/α-hetero) is 1. The summed E-state index contributed by atoms with van der Waals surface area (Å²) in [5.41, 5.74) is 0. The second-order valence-corrected chi connectivity index (χ2v) is 5.46. The van der Waals surface area contributed by atoms with Gasteiger partial charge >= 0.3 is 0 Å². The van der Waals surface area contributed by atoms with Crippen LogP contribution in [0, 0.1) is 5.92 Å². The van der Waals surface area contributed by atoms with Gasteiger partial charge in [0.1, 0.15) is 5.78 Å². The molecule has 1 aliphatic carbocycles. The molecule has 0 aromatic heterocycles. The fourth-order valence-electron chi connectivity index (χ4n) is 3.25. The van der Waals surface area contributed by atoms with E-state index in [0.29, 0.717) is 11.7 Å². The number of piperidine rings is 1. The van der Waals surface area contributed by atoms with Gasteiger partial charge < -0.3 is 0 Å². The van der Waals surface area contributed by atoms with Gasteiger partial charge in [0.15, 0.2) is 0 Å². The molecule has 16 heavy (non-hydrogen) atoms. The van der Waals surface area contributed by atoms with Crippen molar-refractivity contribution in [3.05, 3.63) is 0 Å². The normalized spacial score (nSPS) is 30.3. The monoisotopic (exact) mass is 223 g/mol. The molecule has 1 aliphatic heterocycles. The molecule has 0 radical (unpaired) electrons. The van der Waals surface area contributed by atoms with E-state index in [0.717, 1.165) is 32.0 Å². The van der Waals surface area contributed by atoms with Crippen LogP contribution in [0.4, 0.5) is 0 Å². The number of carbonyl (C=O) groups is 1. The van der Waals surface area contributed by atoms with E-state index >= 15 is 0 Å². The summed E-state index contributed by atoms with van der Waals surface area (Å²) < 4.78 is 0. The third-order valence-corrected chi connectivity index (χ3v) is 4.39. The van der Waals surface area contributed by atoms with Crippen molar-refractivity contribution >= 4 is 5.78 Å². The second kappa shape index (κ2) is 5.81. The first-order chi connectivity index (χ1) is 7.81. The zero-order valence-corrected chi connectivity index (χ0v) is 10.6. The number of carbonyl (C=O) groups excluding carboxylic acids is 1. The predicted molar refractivity (Wildman–Crippen MR) is 66.5 cm³/mol. The van der Waals surface area contributed by atoms with Gasteiger partial charge in [0.2, 0.25) is 0 Å². The lowest BCUT2D eigenvalue weighted by molar-refractivity contribution is -0.127. The van der Waals surface area contributed by atoms with Crippen molar-refractivity contribution in [2.24, 2.45) is 5.92 Å². The first-order valence-corrected chi connectivity index (χ1v) is 7.08. The van der Waals surface area contributed by atoms with Gasteiger partial charge in [0.05, 0.1) is 0 Å². The van der Waals surface area contributed by atoms with Crippen molar-refractivity contribution in [2.75, 3.05) is 13.1 Å². The highest BCUT2D eigenvalue weighted by molar-refractivity contribution is 5.82. The summed E-state index contributed by atoms with van der Waals surface area (Å²) in [6.45, 7) is 4.22. The zero-order valence-electron chi connectivity index (χ0n) is 10.6. The minimum Gasteiger partial charge on any atom is -0.299 e. The first-order valence-electron chi connectivity index (χ1n) is 7.08. The zero-order chi connectivity index (χ0) is 11.4. The molecule has 0 amide bonds. The predicted octanol–water partition coefficient (Wildman–Crippen LogP) is 3.01. The van der Waals surface area contributed by atoms with E-state index in [9.17, 15) is 4.79 Å². The molecule has 0 aromatic carbocycles. The fraction of sp³-hybridized carbons (Fsp3) is 0.929. The van der Waals surface area contributed by atoms with Crippen LogP contribution in [0.15, 0.2) is 0 Å². The molecule has 1 saturated carbocycles. The number of rotatable bonds is 2. The summed E-state index contributed by atoms with van der Waals surface area (Å²) in [4.78, 5) is 14.3. The molecule has 0 spiro atoms. The fourth-order valence-corrected chi connectivity index (χ4v) is 3.25. The largest absolute Gasteiger partial charge is 0.299 e. The number of hydrogen-bond donors (Lipinski definition) is 0. The van der Waals surface area contributed by atoms with Crippen molar-refractivity contribution in [1.82, 2.24) is 4.90 Å². The molecule has 2 aliphatic rings. The number of likely N-dealkylation sites (tertiary alicyclic amines) is 1. The average Bonchev–Trinajstić information content (AvgIpc) is 2.58. The van der Waals surface area contributed by atoms with Gasteiger partial charge in [0, 0.05) is 31.5 Å². The van der Waals surface area contributed by atoms with Crippen LogP contribution in [-0.2, 0) is 4.79 Å². The Kier molecular flexibility index (Phi) is 4.39. The van der Waals surface area contributed by atoms with E-state index in [2.05, 4.69) is 11.8 Å². The SMILES string of the molecule is CCC1CN(C2CCCCCC2)CCC1=O. The van der Waals surface area contributed by atoms with Crippen LogP contribution in [0.25, 0.3) is 0 Å². The van der Waals surface area contributed by atoms with Gasteiger partial charge in [-0.15, -0.1) is 0 Å². The minimum absolute atomic E-state index is 0.331. The molecule has 1 unspecified atom stereocenters. The van der Waals surface area contributed by atoms with E-state index < -0.39 is 0 Å². The van der Waals surface area contributed by atoms with Crippen molar-refractivity contribution in [3.8, 4) is 0 Å². The van der Waals surface area contributed by atoms with E-state index in [1.165, 1.54) is 38.5 Å². The van der Waals surface area contributed by atoms with Crippen LogP contribution in [0.3, 0.4) is 0 Å².